The maximum Gasteiger partial charge on any atom is 0.274 e. The second-order valence-corrected chi connectivity index (χ2v) is 6.31. The van der Waals surface area contributed by atoms with Crippen molar-refractivity contribution in [3.05, 3.63) is 47.4 Å². The van der Waals surface area contributed by atoms with Crippen molar-refractivity contribution < 1.29 is 4.79 Å². The fraction of sp³-hybridized carbons (Fsp3) is 0.389. The first-order valence-electron chi connectivity index (χ1n) is 8.17. The third-order valence-corrected chi connectivity index (χ3v) is 4.44. The van der Waals surface area contributed by atoms with E-state index in [0.29, 0.717) is 11.5 Å². The number of carbonyl (C=O) groups excluding carboxylic acids is 1. The average Bonchev–Trinajstić information content (AvgIpc) is 2.59. The molecule has 2 aromatic rings. The molecular formula is C18H23N5O. The van der Waals surface area contributed by atoms with E-state index in [2.05, 4.69) is 53.2 Å². The number of rotatable bonds is 3. The number of carbonyl (C=O) groups is 1. The van der Waals surface area contributed by atoms with Crippen molar-refractivity contribution in [2.45, 2.75) is 13.8 Å². The summed E-state index contributed by atoms with van der Waals surface area (Å²) in [4.78, 5) is 25.1. The highest BCUT2D eigenvalue weighted by molar-refractivity contribution is 5.92. The van der Waals surface area contributed by atoms with Gasteiger partial charge in [-0.2, -0.15) is 0 Å². The lowest BCUT2D eigenvalue weighted by molar-refractivity contribution is 0.0658. The van der Waals surface area contributed by atoms with E-state index < -0.39 is 0 Å². The Bertz CT molecular complexity index is 721. The first kappa shape index (κ1) is 16.4. The number of hydrogen-bond donors (Lipinski definition) is 1. The van der Waals surface area contributed by atoms with Gasteiger partial charge in [0.05, 0.1) is 12.4 Å². The summed E-state index contributed by atoms with van der Waals surface area (Å²) in [6.45, 7) is 7.41. The second-order valence-electron chi connectivity index (χ2n) is 6.31. The van der Waals surface area contributed by atoms with Crippen LogP contribution in [-0.4, -0.2) is 58.9 Å². The Kier molecular flexibility index (Phi) is 4.76. The van der Waals surface area contributed by atoms with E-state index in [4.69, 9.17) is 0 Å². The number of benzene rings is 1. The molecule has 3 rings (SSSR count). The predicted octanol–water partition coefficient (Wildman–Crippen LogP) is 2.22. The predicted molar refractivity (Wildman–Crippen MR) is 94.6 cm³/mol. The smallest absolute Gasteiger partial charge is 0.274 e. The Morgan fingerprint density at radius 1 is 1.04 bits per heavy atom. The van der Waals surface area contributed by atoms with Crippen LogP contribution < -0.4 is 5.32 Å². The van der Waals surface area contributed by atoms with Crippen molar-refractivity contribution >= 4 is 17.4 Å². The van der Waals surface area contributed by atoms with Crippen molar-refractivity contribution in [2.24, 2.45) is 0 Å². The Morgan fingerprint density at radius 3 is 2.42 bits per heavy atom. The van der Waals surface area contributed by atoms with E-state index in [1.165, 1.54) is 11.1 Å². The molecule has 126 valence electrons. The fourth-order valence-electron chi connectivity index (χ4n) is 2.64. The van der Waals surface area contributed by atoms with Gasteiger partial charge in [-0.1, -0.05) is 6.07 Å². The fourth-order valence-corrected chi connectivity index (χ4v) is 2.64. The van der Waals surface area contributed by atoms with Crippen LogP contribution in [0.5, 0.6) is 0 Å². The lowest BCUT2D eigenvalue weighted by atomic mass is 10.1. The van der Waals surface area contributed by atoms with Crippen molar-refractivity contribution in [3.8, 4) is 0 Å². The minimum absolute atomic E-state index is 0.0478. The topological polar surface area (TPSA) is 61.4 Å². The molecule has 1 aromatic heterocycles. The lowest BCUT2D eigenvalue weighted by Crippen LogP contribution is -2.47. The molecule has 0 atom stereocenters. The van der Waals surface area contributed by atoms with Gasteiger partial charge in [0.15, 0.2) is 0 Å². The standard InChI is InChI=1S/C18H23N5O/c1-13-4-5-15(10-14(13)2)21-17-12-19-16(11-20-17)18(24)23-8-6-22(3)7-9-23/h4-5,10-12H,6-9H2,1-3H3,(H,20,21). The van der Waals surface area contributed by atoms with E-state index in [1.807, 2.05) is 11.0 Å². The number of anilines is 2. The number of aryl methyl sites for hydroxylation is 2. The Hall–Kier alpha value is -2.47. The zero-order chi connectivity index (χ0) is 17.1. The summed E-state index contributed by atoms with van der Waals surface area (Å²) >= 11 is 0. The van der Waals surface area contributed by atoms with Gasteiger partial charge in [-0.05, 0) is 44.2 Å². The van der Waals surface area contributed by atoms with Gasteiger partial charge < -0.3 is 15.1 Å². The number of aromatic nitrogens is 2. The monoisotopic (exact) mass is 325 g/mol. The van der Waals surface area contributed by atoms with Crippen molar-refractivity contribution in [1.82, 2.24) is 19.8 Å². The zero-order valence-electron chi connectivity index (χ0n) is 14.4. The maximum atomic E-state index is 12.4. The van der Waals surface area contributed by atoms with E-state index in [-0.39, 0.29) is 5.91 Å². The molecule has 0 spiro atoms. The van der Waals surface area contributed by atoms with E-state index >= 15 is 0 Å². The van der Waals surface area contributed by atoms with Crippen molar-refractivity contribution in [3.63, 3.8) is 0 Å². The Balaban J connectivity index is 1.66. The largest absolute Gasteiger partial charge is 0.339 e. The lowest BCUT2D eigenvalue weighted by Gasteiger charge is -2.32. The number of likely N-dealkylation sites (N-methyl/N-ethyl adjacent to an activating group) is 1. The van der Waals surface area contributed by atoms with Crippen molar-refractivity contribution in [2.75, 3.05) is 38.5 Å². The highest BCUT2D eigenvalue weighted by Gasteiger charge is 2.21. The minimum atomic E-state index is -0.0478. The molecule has 1 amide bonds. The Morgan fingerprint density at radius 2 is 1.79 bits per heavy atom. The summed E-state index contributed by atoms with van der Waals surface area (Å²) in [6.07, 6.45) is 3.16. The molecule has 1 aromatic carbocycles. The molecule has 1 N–H and O–H groups in total. The van der Waals surface area contributed by atoms with Crippen LogP contribution in [0, 0.1) is 13.8 Å². The summed E-state index contributed by atoms with van der Waals surface area (Å²) in [7, 11) is 2.06. The van der Waals surface area contributed by atoms with Crippen LogP contribution in [-0.2, 0) is 0 Å². The molecule has 1 aliphatic rings. The first-order chi connectivity index (χ1) is 11.5. The zero-order valence-corrected chi connectivity index (χ0v) is 14.4. The van der Waals surface area contributed by atoms with Gasteiger partial charge in [-0.3, -0.25) is 4.79 Å². The molecule has 24 heavy (non-hydrogen) atoms. The highest BCUT2D eigenvalue weighted by atomic mass is 16.2. The van der Waals surface area contributed by atoms with Crippen LogP contribution in [0.1, 0.15) is 21.6 Å². The molecule has 6 nitrogen and oxygen atoms in total. The second kappa shape index (κ2) is 6.97. The molecule has 6 heteroatoms. The summed E-state index contributed by atoms with van der Waals surface area (Å²) in [6, 6.07) is 6.14. The van der Waals surface area contributed by atoms with Crippen LogP contribution in [0.2, 0.25) is 0 Å². The van der Waals surface area contributed by atoms with Gasteiger partial charge in [0.25, 0.3) is 5.91 Å². The van der Waals surface area contributed by atoms with Crippen LogP contribution >= 0.6 is 0 Å². The molecule has 1 fully saturated rings. The normalized spacial score (nSPS) is 15.4. The van der Waals surface area contributed by atoms with Gasteiger partial charge in [-0.25, -0.2) is 9.97 Å². The number of amides is 1. The number of piperazine rings is 1. The summed E-state index contributed by atoms with van der Waals surface area (Å²) in [5, 5.41) is 3.22. The van der Waals surface area contributed by atoms with E-state index in [1.54, 1.807) is 12.4 Å². The van der Waals surface area contributed by atoms with E-state index in [9.17, 15) is 4.79 Å². The van der Waals surface area contributed by atoms with Gasteiger partial charge in [-0.15, -0.1) is 0 Å². The number of hydrogen-bond acceptors (Lipinski definition) is 5. The van der Waals surface area contributed by atoms with E-state index in [0.717, 1.165) is 31.9 Å². The molecule has 0 unspecified atom stereocenters. The van der Waals surface area contributed by atoms with Gasteiger partial charge in [0.1, 0.15) is 11.5 Å². The molecule has 0 bridgehead atoms. The quantitative estimate of drug-likeness (QED) is 0.937. The van der Waals surface area contributed by atoms with Gasteiger partial charge >= 0.3 is 0 Å². The average molecular weight is 325 g/mol. The molecule has 0 aliphatic carbocycles. The number of nitrogens with zero attached hydrogens (tertiary/aromatic N) is 4. The maximum absolute atomic E-state index is 12.4. The summed E-state index contributed by atoms with van der Waals surface area (Å²) in [5.41, 5.74) is 3.82. The van der Waals surface area contributed by atoms with Crippen molar-refractivity contribution in [1.29, 1.82) is 0 Å². The summed E-state index contributed by atoms with van der Waals surface area (Å²) < 4.78 is 0. The van der Waals surface area contributed by atoms with Crippen LogP contribution in [0.25, 0.3) is 0 Å². The SMILES string of the molecule is Cc1ccc(Nc2cnc(C(=O)N3CCN(C)CC3)cn2)cc1C. The minimum Gasteiger partial charge on any atom is -0.339 e. The molecular weight excluding hydrogens is 302 g/mol. The van der Waals surface area contributed by atoms with Crippen LogP contribution in [0.15, 0.2) is 30.6 Å². The molecule has 1 saturated heterocycles. The Labute approximate surface area is 142 Å². The first-order valence-corrected chi connectivity index (χ1v) is 8.17. The van der Waals surface area contributed by atoms with Crippen LogP contribution in [0.3, 0.4) is 0 Å². The third kappa shape index (κ3) is 3.71. The third-order valence-electron chi connectivity index (χ3n) is 4.44. The molecule has 0 saturated carbocycles. The molecule has 1 aliphatic heterocycles. The number of nitrogens with one attached hydrogen (secondary N) is 1. The highest BCUT2D eigenvalue weighted by Crippen LogP contribution is 2.18. The van der Waals surface area contributed by atoms with Crippen LogP contribution in [0.4, 0.5) is 11.5 Å². The molecule has 2 heterocycles. The van der Waals surface area contributed by atoms with Gasteiger partial charge in [0.2, 0.25) is 0 Å². The molecule has 0 radical (unpaired) electrons. The van der Waals surface area contributed by atoms with Gasteiger partial charge in [0, 0.05) is 31.9 Å². The summed E-state index contributed by atoms with van der Waals surface area (Å²) in [5.74, 6) is 0.585.